The van der Waals surface area contributed by atoms with Crippen molar-refractivity contribution in [1.29, 1.82) is 0 Å². The third-order valence-corrected chi connectivity index (χ3v) is 8.00. The number of benzene rings is 2. The molecule has 0 aromatic heterocycles. The summed E-state index contributed by atoms with van der Waals surface area (Å²) >= 11 is 0. The van der Waals surface area contributed by atoms with Gasteiger partial charge in [-0.15, -0.1) is 0 Å². The Morgan fingerprint density at radius 2 is 1.28 bits per heavy atom. The van der Waals surface area contributed by atoms with E-state index in [9.17, 15) is 25.5 Å². The second kappa shape index (κ2) is 9.55. The maximum Gasteiger partial charge on any atom is 0.231 e. The van der Waals surface area contributed by atoms with Gasteiger partial charge in [0.1, 0.15) is 35.9 Å². The topological polar surface area (TPSA) is 175 Å². The molecule has 210 valence electrons. The molecule has 39 heavy (non-hydrogen) atoms. The second-order valence-corrected chi connectivity index (χ2v) is 10.2. The van der Waals surface area contributed by atoms with Crippen LogP contribution in [0.1, 0.15) is 23.3 Å². The molecule has 3 fully saturated rings. The second-order valence-electron chi connectivity index (χ2n) is 10.2. The highest BCUT2D eigenvalue weighted by molar-refractivity contribution is 5.54. The van der Waals surface area contributed by atoms with Crippen LogP contribution in [0.15, 0.2) is 24.3 Å². The fourth-order valence-electron chi connectivity index (χ4n) is 5.92. The molecule has 0 radical (unpaired) electrons. The van der Waals surface area contributed by atoms with Gasteiger partial charge in [0.25, 0.3) is 0 Å². The lowest BCUT2D eigenvalue weighted by atomic mass is 9.84. The van der Waals surface area contributed by atoms with E-state index < -0.39 is 49.5 Å². The Hall–Kier alpha value is -3.04. The van der Waals surface area contributed by atoms with Crippen LogP contribution >= 0.6 is 0 Å². The van der Waals surface area contributed by atoms with E-state index in [2.05, 4.69) is 0 Å². The Bertz CT molecular complexity index is 1250. The number of aliphatic hydroxyl groups excluding tert-OH is 4. The van der Waals surface area contributed by atoms with Gasteiger partial charge >= 0.3 is 0 Å². The van der Waals surface area contributed by atoms with Gasteiger partial charge < -0.3 is 63.4 Å². The summed E-state index contributed by atoms with van der Waals surface area (Å²) in [5.74, 6) is 1.98. The van der Waals surface area contributed by atoms with Crippen molar-refractivity contribution >= 4 is 0 Å². The molecule has 7 rings (SSSR count). The van der Waals surface area contributed by atoms with Crippen molar-refractivity contribution in [3.63, 3.8) is 0 Å². The van der Waals surface area contributed by atoms with Gasteiger partial charge in [-0.05, 0) is 12.1 Å². The van der Waals surface area contributed by atoms with Gasteiger partial charge in [-0.1, -0.05) is 0 Å². The smallest absolute Gasteiger partial charge is 0.231 e. The molecule has 3 saturated heterocycles. The molecule has 5 aliphatic heterocycles. The van der Waals surface area contributed by atoms with E-state index in [-0.39, 0.29) is 36.9 Å². The number of ether oxygens (including phenoxy) is 8. The summed E-state index contributed by atoms with van der Waals surface area (Å²) in [6.07, 6.45) is -8.18. The number of rotatable bonds is 5. The Kier molecular flexibility index (Phi) is 6.12. The molecule has 0 aliphatic carbocycles. The van der Waals surface area contributed by atoms with E-state index in [1.165, 1.54) is 6.07 Å². The van der Waals surface area contributed by atoms with Crippen LogP contribution in [0.2, 0.25) is 0 Å². The summed E-state index contributed by atoms with van der Waals surface area (Å²) in [5.41, 5.74) is 1.17. The first kappa shape index (κ1) is 25.0. The molecule has 5 N–H and O–H groups in total. The standard InChI is InChI=1S/C26H28O13/c27-5-20-21(29)22(30)23(31)26(39-20)38-15-4-19-17(35-9-37-19)2-11(15)25-13-7-32-24(12(13)6-33-25)10-1-16-18(3-14(10)28)36-8-34-16/h1-4,12-13,20-31H,5-9H2/t12?,13?,20?,21-,22?,23?,24?,25?,26-/m1/s1. The van der Waals surface area contributed by atoms with Crippen molar-refractivity contribution in [2.45, 2.75) is 42.9 Å². The van der Waals surface area contributed by atoms with Gasteiger partial charge in [0.15, 0.2) is 23.0 Å². The highest BCUT2D eigenvalue weighted by Crippen LogP contribution is 2.55. The molecular weight excluding hydrogens is 520 g/mol. The van der Waals surface area contributed by atoms with Crippen molar-refractivity contribution in [2.75, 3.05) is 33.4 Å². The number of phenolic OH excluding ortho intramolecular Hbond substituents is 1. The van der Waals surface area contributed by atoms with Crippen LogP contribution in [0.4, 0.5) is 0 Å². The fourth-order valence-corrected chi connectivity index (χ4v) is 5.92. The molecule has 5 heterocycles. The third kappa shape index (κ3) is 4.04. The van der Waals surface area contributed by atoms with Crippen molar-refractivity contribution in [2.24, 2.45) is 11.8 Å². The Morgan fingerprint density at radius 1 is 0.718 bits per heavy atom. The van der Waals surface area contributed by atoms with Crippen molar-refractivity contribution in [3.05, 3.63) is 35.4 Å². The maximum absolute atomic E-state index is 10.7. The van der Waals surface area contributed by atoms with Crippen LogP contribution in [0.5, 0.6) is 34.5 Å². The van der Waals surface area contributed by atoms with E-state index in [4.69, 9.17) is 37.9 Å². The number of aromatic hydroxyl groups is 1. The van der Waals surface area contributed by atoms with E-state index in [1.807, 2.05) is 0 Å². The molecule has 0 amide bonds. The average Bonchev–Trinajstić information content (AvgIpc) is 3.72. The summed E-state index contributed by atoms with van der Waals surface area (Å²) < 4.78 is 45.9. The monoisotopic (exact) mass is 548 g/mol. The molecule has 0 saturated carbocycles. The minimum atomic E-state index is -1.59. The Balaban J connectivity index is 1.18. The molecule has 0 spiro atoms. The van der Waals surface area contributed by atoms with E-state index in [0.717, 1.165) is 0 Å². The zero-order valence-corrected chi connectivity index (χ0v) is 20.5. The number of hydrogen-bond acceptors (Lipinski definition) is 13. The van der Waals surface area contributed by atoms with Crippen molar-refractivity contribution in [1.82, 2.24) is 0 Å². The van der Waals surface area contributed by atoms with Crippen LogP contribution in [0.3, 0.4) is 0 Å². The first-order valence-electron chi connectivity index (χ1n) is 12.7. The number of hydrogen-bond donors (Lipinski definition) is 5. The SMILES string of the molecule is OCC1O[C@@H](Oc2cc3c(cc2C2OCC4C(c5cc6c(cc5O)OCO6)OCC24)OCO3)C(O)C(O)[C@@H]1O. The normalized spacial score (nSPS) is 36.3. The van der Waals surface area contributed by atoms with Gasteiger partial charge in [-0.2, -0.15) is 0 Å². The first-order valence-corrected chi connectivity index (χ1v) is 12.7. The van der Waals surface area contributed by atoms with Crippen molar-refractivity contribution in [3.8, 4) is 34.5 Å². The van der Waals surface area contributed by atoms with Crippen LogP contribution in [-0.2, 0) is 14.2 Å². The molecular formula is C26H28O13. The van der Waals surface area contributed by atoms with Gasteiger partial charge in [-0.25, -0.2) is 0 Å². The van der Waals surface area contributed by atoms with E-state index in [0.29, 0.717) is 47.3 Å². The summed E-state index contributed by atoms with van der Waals surface area (Å²) in [6.45, 7) is 0.191. The van der Waals surface area contributed by atoms with Crippen LogP contribution in [0.25, 0.3) is 0 Å². The molecule has 5 aliphatic rings. The number of fused-ring (bicyclic) bond motifs is 3. The highest BCUT2D eigenvalue weighted by Gasteiger charge is 2.51. The van der Waals surface area contributed by atoms with Gasteiger partial charge in [-0.3, -0.25) is 0 Å². The van der Waals surface area contributed by atoms with Gasteiger partial charge in [0.05, 0.1) is 32.0 Å². The van der Waals surface area contributed by atoms with Crippen molar-refractivity contribution < 1.29 is 63.4 Å². The zero-order chi connectivity index (χ0) is 26.8. The molecule has 13 nitrogen and oxygen atoms in total. The summed E-state index contributed by atoms with van der Waals surface area (Å²) in [7, 11) is 0. The first-order chi connectivity index (χ1) is 18.9. The predicted octanol–water partition coefficient (Wildman–Crippen LogP) is 0.103. The lowest BCUT2D eigenvalue weighted by molar-refractivity contribution is -0.277. The molecule has 9 atom stereocenters. The predicted molar refractivity (Wildman–Crippen MR) is 126 cm³/mol. The summed E-state index contributed by atoms with van der Waals surface area (Å²) in [4.78, 5) is 0. The molecule has 0 bridgehead atoms. The third-order valence-electron chi connectivity index (χ3n) is 8.00. The lowest BCUT2D eigenvalue weighted by Gasteiger charge is -2.40. The fraction of sp³-hybridized carbons (Fsp3) is 0.538. The Labute approximate surface area is 221 Å². The average molecular weight is 548 g/mol. The van der Waals surface area contributed by atoms with Crippen LogP contribution in [0, 0.1) is 11.8 Å². The molecule has 7 unspecified atom stereocenters. The number of aliphatic hydroxyl groups is 4. The van der Waals surface area contributed by atoms with Crippen LogP contribution < -0.4 is 23.7 Å². The van der Waals surface area contributed by atoms with Gasteiger partial charge in [0.2, 0.25) is 19.9 Å². The quantitative estimate of drug-likeness (QED) is 0.341. The molecule has 13 heteroatoms. The van der Waals surface area contributed by atoms with Gasteiger partial charge in [0, 0.05) is 35.1 Å². The molecule has 2 aromatic carbocycles. The zero-order valence-electron chi connectivity index (χ0n) is 20.5. The maximum atomic E-state index is 10.7. The minimum absolute atomic E-state index is 0.0183. The largest absolute Gasteiger partial charge is 0.507 e. The number of phenols is 1. The molecule has 2 aromatic rings. The van der Waals surface area contributed by atoms with E-state index >= 15 is 0 Å². The Morgan fingerprint density at radius 3 is 1.92 bits per heavy atom. The van der Waals surface area contributed by atoms with E-state index in [1.54, 1.807) is 18.2 Å². The summed E-state index contributed by atoms with van der Waals surface area (Å²) in [5, 5.41) is 51.1. The summed E-state index contributed by atoms with van der Waals surface area (Å²) in [6, 6.07) is 6.57. The highest BCUT2D eigenvalue weighted by atomic mass is 16.7. The lowest BCUT2D eigenvalue weighted by Crippen LogP contribution is -2.60. The minimum Gasteiger partial charge on any atom is -0.507 e. The van der Waals surface area contributed by atoms with Crippen LogP contribution in [-0.4, -0.2) is 89.6 Å².